The normalized spacial score (nSPS) is 33.0. The van der Waals surface area contributed by atoms with E-state index in [-0.39, 0.29) is 0 Å². The zero-order chi connectivity index (χ0) is 10.9. The van der Waals surface area contributed by atoms with E-state index in [9.17, 15) is 0 Å². The molecule has 0 aromatic heterocycles. The molecule has 2 N–H and O–H groups in total. The maximum Gasteiger partial charge on any atom is 0.0273 e. The Bertz CT molecular complexity index is 309. The molecule has 2 atom stereocenters. The van der Waals surface area contributed by atoms with E-state index in [1.54, 1.807) is 0 Å². The first-order valence-electron chi connectivity index (χ1n) is 5.22. The highest BCUT2D eigenvalue weighted by atomic mass is 14.6. The molecular formula is C13H21N. The Hall–Kier alpha value is -0.980. The van der Waals surface area contributed by atoms with Gasteiger partial charge in [-0.05, 0) is 42.7 Å². The maximum atomic E-state index is 5.75. The van der Waals surface area contributed by atoms with Gasteiger partial charge in [-0.25, -0.2) is 0 Å². The second-order valence-corrected chi connectivity index (χ2v) is 4.59. The van der Waals surface area contributed by atoms with Gasteiger partial charge in [-0.3, -0.25) is 0 Å². The molecule has 2 unspecified atom stereocenters. The van der Waals surface area contributed by atoms with Crippen LogP contribution < -0.4 is 5.73 Å². The predicted molar refractivity (Wildman–Crippen MR) is 62.7 cm³/mol. The number of allylic oxidation sites excluding steroid dienone is 4. The van der Waals surface area contributed by atoms with E-state index >= 15 is 0 Å². The molecule has 0 heterocycles. The minimum Gasteiger partial charge on any atom is -0.399 e. The van der Waals surface area contributed by atoms with Crippen LogP contribution >= 0.6 is 0 Å². The highest BCUT2D eigenvalue weighted by Crippen LogP contribution is 2.58. The van der Waals surface area contributed by atoms with E-state index in [0.717, 1.165) is 11.5 Å². The second-order valence-electron chi connectivity index (χ2n) is 4.59. The highest BCUT2D eigenvalue weighted by molar-refractivity contribution is 5.43. The molecule has 78 valence electrons. The molecule has 1 aliphatic rings. The minimum atomic E-state index is 0.332. The Morgan fingerprint density at radius 2 is 2.07 bits per heavy atom. The zero-order valence-corrected chi connectivity index (χ0v) is 9.72. The molecule has 0 amide bonds. The topological polar surface area (TPSA) is 26.0 Å². The van der Waals surface area contributed by atoms with Crippen LogP contribution in [-0.2, 0) is 0 Å². The van der Waals surface area contributed by atoms with Gasteiger partial charge >= 0.3 is 0 Å². The Labute approximate surface area is 87.4 Å². The number of hydrogen-bond acceptors (Lipinski definition) is 1. The molecule has 1 aliphatic carbocycles. The van der Waals surface area contributed by atoms with E-state index in [2.05, 4.69) is 39.5 Å². The molecule has 1 rings (SSSR count). The Kier molecular flexibility index (Phi) is 2.89. The van der Waals surface area contributed by atoms with Crippen LogP contribution in [0.1, 0.15) is 34.1 Å². The molecule has 0 aromatic rings. The van der Waals surface area contributed by atoms with E-state index in [4.69, 9.17) is 5.73 Å². The van der Waals surface area contributed by atoms with E-state index < -0.39 is 0 Å². The van der Waals surface area contributed by atoms with Gasteiger partial charge in [0.25, 0.3) is 0 Å². The molecule has 0 spiro atoms. The fourth-order valence-electron chi connectivity index (χ4n) is 2.04. The van der Waals surface area contributed by atoms with Crippen LogP contribution in [0.5, 0.6) is 0 Å². The fourth-order valence-corrected chi connectivity index (χ4v) is 2.04. The molecule has 0 aliphatic heterocycles. The number of hydrogen-bond donors (Lipinski definition) is 1. The van der Waals surface area contributed by atoms with Gasteiger partial charge in [0.15, 0.2) is 0 Å². The van der Waals surface area contributed by atoms with Crippen molar-refractivity contribution in [2.45, 2.75) is 34.1 Å². The summed E-state index contributed by atoms with van der Waals surface area (Å²) in [6.07, 6.45) is 5.52. The first-order chi connectivity index (χ1) is 6.43. The van der Waals surface area contributed by atoms with Crippen LogP contribution in [-0.4, -0.2) is 0 Å². The smallest absolute Gasteiger partial charge is 0.0273 e. The van der Waals surface area contributed by atoms with Crippen LogP contribution in [0.25, 0.3) is 0 Å². The van der Waals surface area contributed by atoms with Crippen LogP contribution in [0.4, 0.5) is 0 Å². The molecule has 1 nitrogen and oxygen atoms in total. The predicted octanol–water partition coefficient (Wildman–Crippen LogP) is 3.40. The average Bonchev–Trinajstić information content (AvgIpc) is 2.70. The summed E-state index contributed by atoms with van der Waals surface area (Å²) < 4.78 is 0. The maximum absolute atomic E-state index is 5.75. The van der Waals surface area contributed by atoms with Crippen molar-refractivity contribution in [1.82, 2.24) is 0 Å². The summed E-state index contributed by atoms with van der Waals surface area (Å²) in [5.74, 6) is 0.767. The standard InChI is InChI=1S/C13H21N/c1-6-7-12(10(3)11(4)14)13(5)8-9(13)2/h6-7,9H,4,8,14H2,1-3,5H3/b7-6-,12-10-. The Balaban J connectivity index is 3.09. The van der Waals surface area contributed by atoms with Crippen molar-refractivity contribution >= 4 is 0 Å². The molecule has 0 radical (unpaired) electrons. The summed E-state index contributed by atoms with van der Waals surface area (Å²) in [5.41, 5.74) is 9.29. The van der Waals surface area contributed by atoms with Crippen molar-refractivity contribution in [3.8, 4) is 0 Å². The summed E-state index contributed by atoms with van der Waals surface area (Å²) >= 11 is 0. The van der Waals surface area contributed by atoms with E-state index in [1.165, 1.54) is 12.0 Å². The minimum absolute atomic E-state index is 0.332. The van der Waals surface area contributed by atoms with Gasteiger partial charge in [0.2, 0.25) is 0 Å². The fraction of sp³-hybridized carbons (Fsp3) is 0.538. The van der Waals surface area contributed by atoms with Crippen molar-refractivity contribution in [3.05, 3.63) is 35.6 Å². The van der Waals surface area contributed by atoms with Gasteiger partial charge in [0.05, 0.1) is 0 Å². The van der Waals surface area contributed by atoms with Crippen molar-refractivity contribution in [3.63, 3.8) is 0 Å². The average molecular weight is 191 g/mol. The van der Waals surface area contributed by atoms with Gasteiger partial charge in [-0.1, -0.05) is 32.6 Å². The number of nitrogens with two attached hydrogens (primary N) is 1. The van der Waals surface area contributed by atoms with Crippen LogP contribution in [0.2, 0.25) is 0 Å². The lowest BCUT2D eigenvalue weighted by molar-refractivity contribution is 0.628. The third-order valence-electron chi connectivity index (χ3n) is 3.49. The van der Waals surface area contributed by atoms with Gasteiger partial charge < -0.3 is 5.73 Å². The molecule has 1 heteroatoms. The molecule has 1 fully saturated rings. The second kappa shape index (κ2) is 3.64. The summed E-state index contributed by atoms with van der Waals surface area (Å²) in [7, 11) is 0. The summed E-state index contributed by atoms with van der Waals surface area (Å²) in [4.78, 5) is 0. The summed E-state index contributed by atoms with van der Waals surface area (Å²) in [6, 6.07) is 0. The molecule has 0 bridgehead atoms. The molecule has 14 heavy (non-hydrogen) atoms. The quantitative estimate of drug-likeness (QED) is 0.680. The molecule has 0 aromatic carbocycles. The largest absolute Gasteiger partial charge is 0.399 e. The first kappa shape index (κ1) is 11.1. The van der Waals surface area contributed by atoms with Crippen molar-refractivity contribution in [1.29, 1.82) is 0 Å². The van der Waals surface area contributed by atoms with Gasteiger partial charge in [-0.15, -0.1) is 0 Å². The lowest BCUT2D eigenvalue weighted by Gasteiger charge is -2.16. The van der Waals surface area contributed by atoms with E-state index in [0.29, 0.717) is 11.1 Å². The zero-order valence-electron chi connectivity index (χ0n) is 9.72. The van der Waals surface area contributed by atoms with Crippen molar-refractivity contribution in [2.24, 2.45) is 17.1 Å². The summed E-state index contributed by atoms with van der Waals surface area (Å²) in [6.45, 7) is 12.5. The Morgan fingerprint density at radius 3 is 2.36 bits per heavy atom. The van der Waals surface area contributed by atoms with Crippen LogP contribution in [0.3, 0.4) is 0 Å². The van der Waals surface area contributed by atoms with Crippen molar-refractivity contribution in [2.75, 3.05) is 0 Å². The van der Waals surface area contributed by atoms with Crippen molar-refractivity contribution < 1.29 is 0 Å². The molecule has 1 saturated carbocycles. The Morgan fingerprint density at radius 1 is 1.57 bits per heavy atom. The highest BCUT2D eigenvalue weighted by Gasteiger charge is 2.49. The lowest BCUT2D eigenvalue weighted by atomic mass is 9.90. The first-order valence-corrected chi connectivity index (χ1v) is 5.22. The third-order valence-corrected chi connectivity index (χ3v) is 3.49. The van der Waals surface area contributed by atoms with Crippen LogP contribution in [0, 0.1) is 11.3 Å². The number of rotatable bonds is 3. The SMILES string of the molecule is C=C(N)/C(C)=C(/C=C\C)C1(C)CC1C. The monoisotopic (exact) mass is 191 g/mol. The van der Waals surface area contributed by atoms with Crippen LogP contribution in [0.15, 0.2) is 35.6 Å². The summed E-state index contributed by atoms with van der Waals surface area (Å²) in [5, 5.41) is 0. The molecular weight excluding hydrogens is 170 g/mol. The molecule has 0 saturated heterocycles. The van der Waals surface area contributed by atoms with Gasteiger partial charge in [-0.2, -0.15) is 0 Å². The lowest BCUT2D eigenvalue weighted by Crippen LogP contribution is -2.07. The van der Waals surface area contributed by atoms with E-state index in [1.807, 2.05) is 6.92 Å². The van der Waals surface area contributed by atoms with Gasteiger partial charge in [0.1, 0.15) is 0 Å². The van der Waals surface area contributed by atoms with Gasteiger partial charge in [0, 0.05) is 5.70 Å². The third kappa shape index (κ3) is 1.77.